The van der Waals surface area contributed by atoms with E-state index in [2.05, 4.69) is 15.0 Å². The van der Waals surface area contributed by atoms with Gasteiger partial charge in [-0.2, -0.15) is 0 Å². The highest BCUT2D eigenvalue weighted by molar-refractivity contribution is 7.90. The maximum absolute atomic E-state index is 13.9. The van der Waals surface area contributed by atoms with E-state index in [0.717, 1.165) is 21.3 Å². The zero-order valence-corrected chi connectivity index (χ0v) is 18.0. The van der Waals surface area contributed by atoms with Crippen LogP contribution in [0.25, 0.3) is 22.4 Å². The fraction of sp³-hybridized carbons (Fsp3) is 0.150. The molecule has 3 aromatic heterocycles. The Hall–Kier alpha value is -2.98. The molecule has 0 fully saturated rings. The van der Waals surface area contributed by atoms with Crippen molar-refractivity contribution in [3.63, 3.8) is 0 Å². The molecule has 7 nitrogen and oxygen atoms in total. The zero-order valence-electron chi connectivity index (χ0n) is 16.3. The molecule has 10 heteroatoms. The summed E-state index contributed by atoms with van der Waals surface area (Å²) in [5.74, 6) is -0.721. The number of halogens is 1. The summed E-state index contributed by atoms with van der Waals surface area (Å²) < 4.78 is 53.4. The minimum absolute atomic E-state index is 0.0665. The van der Waals surface area contributed by atoms with E-state index in [9.17, 15) is 17.0 Å². The van der Waals surface area contributed by atoms with Crippen molar-refractivity contribution in [1.29, 1.82) is 0 Å². The lowest BCUT2D eigenvalue weighted by Gasteiger charge is -2.07. The van der Waals surface area contributed by atoms with E-state index in [4.69, 9.17) is 0 Å². The Morgan fingerprint density at radius 2 is 1.73 bits per heavy atom. The first-order valence-corrected chi connectivity index (χ1v) is 11.8. The third kappa shape index (κ3) is 3.41. The lowest BCUT2D eigenvalue weighted by atomic mass is 10.2. The number of hydrogen-bond donors (Lipinski definition) is 0. The van der Waals surface area contributed by atoms with Gasteiger partial charge < -0.3 is 0 Å². The van der Waals surface area contributed by atoms with Gasteiger partial charge in [0.15, 0.2) is 22.3 Å². The maximum atomic E-state index is 13.9. The first-order valence-electron chi connectivity index (χ1n) is 8.85. The van der Waals surface area contributed by atoms with E-state index < -0.39 is 26.6 Å². The summed E-state index contributed by atoms with van der Waals surface area (Å²) in [4.78, 5) is 12.5. The molecule has 1 atom stereocenters. The predicted octanol–water partition coefficient (Wildman–Crippen LogP) is 3.22. The van der Waals surface area contributed by atoms with Crippen LogP contribution < -0.4 is 0 Å². The van der Waals surface area contributed by atoms with E-state index in [-0.39, 0.29) is 21.4 Å². The van der Waals surface area contributed by atoms with E-state index in [1.807, 2.05) is 13.8 Å². The third-order valence-electron chi connectivity index (χ3n) is 4.55. The Morgan fingerprint density at radius 1 is 1.03 bits per heavy atom. The lowest BCUT2D eigenvalue weighted by molar-refractivity contribution is 0.573. The Balaban J connectivity index is 2.00. The van der Waals surface area contributed by atoms with Crippen molar-refractivity contribution in [2.75, 3.05) is 6.26 Å². The van der Waals surface area contributed by atoms with Crippen LogP contribution in [0.1, 0.15) is 11.1 Å². The van der Waals surface area contributed by atoms with Gasteiger partial charge in [0.25, 0.3) is 10.0 Å². The molecule has 0 aliphatic carbocycles. The Morgan fingerprint density at radius 3 is 2.40 bits per heavy atom. The molecule has 0 bridgehead atoms. The number of benzene rings is 1. The van der Waals surface area contributed by atoms with E-state index >= 15 is 0 Å². The molecule has 0 aliphatic rings. The molecule has 0 radical (unpaired) electrons. The van der Waals surface area contributed by atoms with Crippen LogP contribution in [0.4, 0.5) is 4.39 Å². The molecule has 4 aromatic rings. The molecule has 0 saturated heterocycles. The van der Waals surface area contributed by atoms with Crippen LogP contribution in [0.5, 0.6) is 0 Å². The van der Waals surface area contributed by atoms with Crippen molar-refractivity contribution < 1.29 is 17.0 Å². The summed E-state index contributed by atoms with van der Waals surface area (Å²) in [5.41, 5.74) is 2.28. The second-order valence-corrected chi connectivity index (χ2v) is 9.95. The second-order valence-electron chi connectivity index (χ2n) is 6.84. The van der Waals surface area contributed by atoms with Crippen molar-refractivity contribution in [1.82, 2.24) is 18.9 Å². The van der Waals surface area contributed by atoms with Gasteiger partial charge in [-0.3, -0.25) is 4.21 Å². The average Bonchev–Trinajstić information content (AvgIpc) is 3.08. The molecular weight excluding hydrogens is 427 g/mol. The monoisotopic (exact) mass is 444 g/mol. The van der Waals surface area contributed by atoms with E-state index in [1.165, 1.54) is 24.6 Å². The SMILES string of the molecule is Cc1ccc(S(=O)(=O)n2cc(-c3ncc(F)c(S(C)=O)n3)c3cc(C)cnc32)cc1. The highest BCUT2D eigenvalue weighted by Crippen LogP contribution is 2.31. The van der Waals surface area contributed by atoms with Gasteiger partial charge in [-0.25, -0.2) is 31.7 Å². The van der Waals surface area contributed by atoms with Crippen LogP contribution in [-0.2, 0) is 20.8 Å². The molecule has 1 unspecified atom stereocenters. The fourth-order valence-corrected chi connectivity index (χ4v) is 4.92. The fourth-order valence-electron chi connectivity index (χ4n) is 3.05. The van der Waals surface area contributed by atoms with Crippen molar-refractivity contribution in [2.45, 2.75) is 23.8 Å². The summed E-state index contributed by atoms with van der Waals surface area (Å²) in [5, 5.41) is 0.244. The van der Waals surface area contributed by atoms with Gasteiger partial charge >= 0.3 is 0 Å². The first-order chi connectivity index (χ1) is 14.2. The second kappa shape index (κ2) is 7.37. The molecular formula is C20H17FN4O3S2. The number of aromatic nitrogens is 4. The average molecular weight is 445 g/mol. The molecule has 4 rings (SSSR count). The van der Waals surface area contributed by atoms with Crippen molar-refractivity contribution in [3.05, 3.63) is 65.9 Å². The Labute approximate surface area is 175 Å². The zero-order chi connectivity index (χ0) is 21.6. The van der Waals surface area contributed by atoms with Crippen molar-refractivity contribution in [2.24, 2.45) is 0 Å². The molecule has 0 spiro atoms. The van der Waals surface area contributed by atoms with Crippen LogP contribution in [0.15, 0.2) is 58.8 Å². The molecule has 0 aliphatic heterocycles. The molecule has 3 heterocycles. The highest BCUT2D eigenvalue weighted by Gasteiger charge is 2.24. The van der Waals surface area contributed by atoms with Gasteiger partial charge in [-0.15, -0.1) is 0 Å². The van der Waals surface area contributed by atoms with Crippen molar-refractivity contribution >= 4 is 31.9 Å². The number of rotatable bonds is 4. The minimum Gasteiger partial charge on any atom is -0.253 e. The number of aryl methyl sites for hydroxylation is 2. The highest BCUT2D eigenvalue weighted by atomic mass is 32.2. The predicted molar refractivity (Wildman–Crippen MR) is 112 cm³/mol. The topological polar surface area (TPSA) is 94.8 Å². The van der Waals surface area contributed by atoms with E-state index in [0.29, 0.717) is 10.9 Å². The van der Waals surface area contributed by atoms with Crippen LogP contribution >= 0.6 is 0 Å². The first kappa shape index (κ1) is 20.3. The summed E-state index contributed by atoms with van der Waals surface area (Å²) in [7, 11) is -5.62. The van der Waals surface area contributed by atoms with Crippen LogP contribution in [0.2, 0.25) is 0 Å². The molecule has 0 saturated carbocycles. The number of pyridine rings is 1. The van der Waals surface area contributed by atoms with Gasteiger partial charge in [0, 0.05) is 29.6 Å². The van der Waals surface area contributed by atoms with Gasteiger partial charge in [0.1, 0.15) is 0 Å². The maximum Gasteiger partial charge on any atom is 0.269 e. The normalized spacial score (nSPS) is 12.9. The molecule has 0 N–H and O–H groups in total. The lowest BCUT2D eigenvalue weighted by Crippen LogP contribution is -2.12. The van der Waals surface area contributed by atoms with Gasteiger partial charge in [-0.1, -0.05) is 17.7 Å². The third-order valence-corrected chi connectivity index (χ3v) is 7.05. The van der Waals surface area contributed by atoms with Crippen LogP contribution in [0.3, 0.4) is 0 Å². The summed E-state index contributed by atoms with van der Waals surface area (Å²) >= 11 is 0. The van der Waals surface area contributed by atoms with Gasteiger partial charge in [0.05, 0.1) is 21.9 Å². The molecule has 0 amide bonds. The summed E-state index contributed by atoms with van der Waals surface area (Å²) in [6.07, 6.45) is 5.17. The molecule has 154 valence electrons. The Kier molecular flexibility index (Phi) is 4.99. The Bertz CT molecular complexity index is 1410. The van der Waals surface area contributed by atoms with Crippen LogP contribution in [-0.4, -0.2) is 37.8 Å². The number of hydrogen-bond acceptors (Lipinski definition) is 6. The van der Waals surface area contributed by atoms with E-state index in [1.54, 1.807) is 24.4 Å². The van der Waals surface area contributed by atoms with Crippen LogP contribution in [0, 0.1) is 19.7 Å². The molecule has 1 aromatic carbocycles. The summed E-state index contributed by atoms with van der Waals surface area (Å²) in [6.45, 7) is 3.69. The standard InChI is InChI=1S/C20H17FN4O3S2/c1-12-4-6-14(7-5-12)30(27,28)25-11-16(15-8-13(2)9-23-19(15)25)18-22-10-17(21)20(24-18)29(3)26/h4-11H,1-3H3. The number of fused-ring (bicyclic) bond motifs is 1. The quantitative estimate of drug-likeness (QED) is 0.449. The largest absolute Gasteiger partial charge is 0.269 e. The van der Waals surface area contributed by atoms with Gasteiger partial charge in [-0.05, 0) is 37.6 Å². The van der Waals surface area contributed by atoms with Crippen molar-refractivity contribution in [3.8, 4) is 11.4 Å². The summed E-state index contributed by atoms with van der Waals surface area (Å²) in [6, 6.07) is 8.23. The smallest absolute Gasteiger partial charge is 0.253 e. The minimum atomic E-state index is -3.95. The molecule has 30 heavy (non-hydrogen) atoms. The van der Waals surface area contributed by atoms with Gasteiger partial charge in [0.2, 0.25) is 0 Å². The number of nitrogens with zero attached hydrogens (tertiary/aromatic N) is 4.